The highest BCUT2D eigenvalue weighted by Crippen LogP contribution is 2.50. The molecule has 4 amide bonds. The van der Waals surface area contributed by atoms with Gasteiger partial charge >= 0.3 is 12.2 Å². The predicted octanol–water partition coefficient (Wildman–Crippen LogP) is 6.57. The first-order valence-corrected chi connectivity index (χ1v) is 19.1. The number of hydrogen-bond acceptors (Lipinski definition) is 8. The van der Waals surface area contributed by atoms with Crippen molar-refractivity contribution in [3.05, 3.63) is 84.7 Å². The molecule has 56 heavy (non-hydrogen) atoms. The molecule has 3 aromatic carbocycles. The van der Waals surface area contributed by atoms with Crippen molar-refractivity contribution in [3.63, 3.8) is 0 Å². The van der Waals surface area contributed by atoms with E-state index in [1.165, 1.54) is 14.2 Å². The molecule has 1 saturated heterocycles. The van der Waals surface area contributed by atoms with Crippen LogP contribution in [0.3, 0.4) is 0 Å². The van der Waals surface area contributed by atoms with Crippen LogP contribution in [-0.4, -0.2) is 92.6 Å². The quantitative estimate of drug-likeness (QED) is 0.111. The monoisotopic (exact) mass is 760 g/mol. The Balaban J connectivity index is 1.02. The third kappa shape index (κ3) is 7.81. The Hall–Kier alpha value is -6.18. The zero-order valence-electron chi connectivity index (χ0n) is 32.3. The lowest BCUT2D eigenvalue weighted by Crippen LogP contribution is -2.50. The highest BCUT2D eigenvalue weighted by Gasteiger charge is 2.50. The maximum absolute atomic E-state index is 13.5. The number of carbonyl (C=O) groups excluding carboxylic acids is 4. The molecule has 14 nitrogen and oxygen atoms in total. The topological polar surface area (TPSA) is 175 Å². The Morgan fingerprint density at radius 1 is 0.804 bits per heavy atom. The smallest absolute Gasteiger partial charge is 0.407 e. The number of methoxy groups -OCH3 is 2. The van der Waals surface area contributed by atoms with Crippen LogP contribution in [-0.2, 0) is 25.6 Å². The van der Waals surface area contributed by atoms with Gasteiger partial charge in [-0.1, -0.05) is 55.5 Å². The Morgan fingerprint density at radius 2 is 1.41 bits per heavy atom. The van der Waals surface area contributed by atoms with Crippen LogP contribution >= 0.6 is 0 Å². The standard InChI is InChI=1S/C42H48N8O6/c1-6-17-49(39(51)24(2)45-41(53)55-4)23-36-43-21-34(47-36)27-9-7-26(8-10-27)28-11-12-30-19-31(14-13-29(30)18-28)35-22-44-38(48-35)37-32-15-16-33(20-32)50(37)40(52)25(3)46-42(54)56-5/h7-14,18-19,21-22,24-25,32-33,37H,6,15-17,20,23H2,1-5H3,(H,43,47)(H,44,48)(H,45,53)(H,46,54)/t24-,25-,32-,33+,37?/m0/s1. The number of aromatic amines is 2. The van der Waals surface area contributed by atoms with Crippen molar-refractivity contribution in [1.82, 2.24) is 40.4 Å². The molecule has 1 aliphatic carbocycles. The van der Waals surface area contributed by atoms with Crippen molar-refractivity contribution in [2.45, 2.75) is 77.2 Å². The number of aromatic nitrogens is 4. The number of benzene rings is 3. The molecule has 0 spiro atoms. The minimum absolute atomic E-state index is 0.126. The van der Waals surface area contributed by atoms with Crippen LogP contribution in [0.2, 0.25) is 0 Å². The van der Waals surface area contributed by atoms with Crippen LogP contribution in [0, 0.1) is 5.92 Å². The number of amides is 4. The lowest BCUT2D eigenvalue weighted by Gasteiger charge is -2.36. The molecule has 3 heterocycles. The molecule has 2 bridgehead atoms. The molecule has 2 fully saturated rings. The molecule has 0 radical (unpaired) electrons. The molecule has 4 N–H and O–H groups in total. The van der Waals surface area contributed by atoms with Crippen LogP contribution in [0.5, 0.6) is 0 Å². The number of H-pyrrole nitrogens is 2. The van der Waals surface area contributed by atoms with Gasteiger partial charge in [0.2, 0.25) is 11.8 Å². The van der Waals surface area contributed by atoms with Crippen LogP contribution in [0.1, 0.15) is 64.1 Å². The van der Waals surface area contributed by atoms with Crippen LogP contribution in [0.4, 0.5) is 9.59 Å². The average Bonchev–Trinajstić information content (AvgIpc) is 4.05. The molecule has 2 aromatic heterocycles. The maximum atomic E-state index is 13.5. The number of likely N-dealkylation sites (tertiary alicyclic amines) is 1. The summed E-state index contributed by atoms with van der Waals surface area (Å²) in [6.07, 6.45) is 6.02. The number of alkyl carbamates (subject to hydrolysis) is 2. The minimum atomic E-state index is -0.727. The first-order valence-electron chi connectivity index (χ1n) is 19.1. The van der Waals surface area contributed by atoms with Crippen molar-refractivity contribution in [3.8, 4) is 33.6 Å². The Morgan fingerprint density at radius 3 is 2.11 bits per heavy atom. The van der Waals surface area contributed by atoms with E-state index in [9.17, 15) is 19.2 Å². The van der Waals surface area contributed by atoms with Gasteiger partial charge < -0.3 is 39.9 Å². The number of imidazole rings is 2. The third-order valence-corrected chi connectivity index (χ3v) is 11.0. The van der Waals surface area contributed by atoms with Crippen LogP contribution in [0.25, 0.3) is 44.4 Å². The van der Waals surface area contributed by atoms with Crippen molar-refractivity contribution in [1.29, 1.82) is 0 Å². The van der Waals surface area contributed by atoms with Crippen LogP contribution < -0.4 is 10.6 Å². The number of nitrogens with zero attached hydrogens (tertiary/aromatic N) is 4. The van der Waals surface area contributed by atoms with Gasteiger partial charge in [-0.25, -0.2) is 19.6 Å². The van der Waals surface area contributed by atoms with Crippen molar-refractivity contribution in [2.75, 3.05) is 20.8 Å². The summed E-state index contributed by atoms with van der Waals surface area (Å²) < 4.78 is 9.35. The Bertz CT molecular complexity index is 2230. The van der Waals surface area contributed by atoms with E-state index in [0.717, 1.165) is 75.9 Å². The summed E-state index contributed by atoms with van der Waals surface area (Å²) >= 11 is 0. The number of carbonyl (C=O) groups is 4. The molecule has 1 saturated carbocycles. The van der Waals surface area contributed by atoms with E-state index in [4.69, 9.17) is 9.72 Å². The van der Waals surface area contributed by atoms with Crippen molar-refractivity contribution < 1.29 is 28.7 Å². The van der Waals surface area contributed by atoms with E-state index < -0.39 is 24.3 Å². The summed E-state index contributed by atoms with van der Waals surface area (Å²) in [4.78, 5) is 69.8. The minimum Gasteiger partial charge on any atom is -0.453 e. The van der Waals surface area contributed by atoms with Crippen LogP contribution in [0.15, 0.2) is 73.1 Å². The molecule has 1 unspecified atom stereocenters. The second-order valence-electron chi connectivity index (χ2n) is 14.7. The lowest BCUT2D eigenvalue weighted by atomic mass is 9.97. The third-order valence-electron chi connectivity index (χ3n) is 11.0. The largest absolute Gasteiger partial charge is 0.453 e. The summed E-state index contributed by atoms with van der Waals surface area (Å²) in [5.74, 6) is 1.40. The summed E-state index contributed by atoms with van der Waals surface area (Å²) in [5, 5.41) is 7.36. The predicted molar refractivity (Wildman–Crippen MR) is 211 cm³/mol. The average molecular weight is 761 g/mol. The fourth-order valence-corrected chi connectivity index (χ4v) is 8.13. The molecular formula is C42H48N8O6. The first-order chi connectivity index (χ1) is 27.1. The zero-order valence-corrected chi connectivity index (χ0v) is 32.3. The highest BCUT2D eigenvalue weighted by atomic mass is 16.5. The van der Waals surface area contributed by atoms with Gasteiger partial charge in [0.05, 0.1) is 50.6 Å². The Kier molecular flexibility index (Phi) is 11.1. The maximum Gasteiger partial charge on any atom is 0.407 e. The van der Waals surface area contributed by atoms with E-state index in [1.807, 2.05) is 30.2 Å². The SMILES string of the molecule is CCCN(Cc1ncc(-c2ccc(-c3ccc4cc(-c5cnc(C6[C@H]7CC[C@H](C7)N6C(=O)[C@H](C)NC(=O)OC)[nH]5)ccc4c3)cc2)[nH]1)C(=O)[C@H](C)NC(=O)OC. The molecule has 5 aromatic rings. The van der Waals surface area contributed by atoms with E-state index in [-0.39, 0.29) is 30.4 Å². The molecule has 7 rings (SSSR count). The molecule has 1 aliphatic heterocycles. The van der Waals surface area contributed by atoms with Gasteiger partial charge in [0.25, 0.3) is 0 Å². The molecule has 14 heteroatoms. The zero-order chi connectivity index (χ0) is 39.5. The van der Waals surface area contributed by atoms with Gasteiger partial charge in [0, 0.05) is 18.2 Å². The number of ether oxygens (including phenoxy) is 2. The van der Waals surface area contributed by atoms with Gasteiger partial charge in [0.15, 0.2) is 0 Å². The van der Waals surface area contributed by atoms with E-state index in [2.05, 4.69) is 78.9 Å². The molecular weight excluding hydrogens is 713 g/mol. The van der Waals surface area contributed by atoms with Gasteiger partial charge in [-0.05, 0) is 85.0 Å². The number of rotatable bonds is 12. The second kappa shape index (κ2) is 16.3. The second-order valence-corrected chi connectivity index (χ2v) is 14.7. The van der Waals surface area contributed by atoms with Crippen molar-refractivity contribution >= 4 is 34.8 Å². The number of piperidine rings is 1. The number of fused-ring (bicyclic) bond motifs is 3. The lowest BCUT2D eigenvalue weighted by molar-refractivity contribution is -0.137. The fourth-order valence-electron chi connectivity index (χ4n) is 8.13. The highest BCUT2D eigenvalue weighted by molar-refractivity contribution is 5.91. The molecule has 5 atom stereocenters. The molecule has 2 aliphatic rings. The van der Waals surface area contributed by atoms with Gasteiger partial charge in [-0.3, -0.25) is 9.59 Å². The fraction of sp³-hybridized carbons (Fsp3) is 0.381. The van der Waals surface area contributed by atoms with E-state index >= 15 is 0 Å². The van der Waals surface area contributed by atoms with Gasteiger partial charge in [-0.2, -0.15) is 0 Å². The summed E-state index contributed by atoms with van der Waals surface area (Å²) in [7, 11) is 2.55. The summed E-state index contributed by atoms with van der Waals surface area (Å²) in [5.41, 5.74) is 5.86. The van der Waals surface area contributed by atoms with E-state index in [1.54, 1.807) is 24.9 Å². The van der Waals surface area contributed by atoms with Gasteiger partial charge in [0.1, 0.15) is 23.7 Å². The normalized spacial score (nSPS) is 18.4. The van der Waals surface area contributed by atoms with Gasteiger partial charge in [-0.15, -0.1) is 0 Å². The number of nitrogens with one attached hydrogen (secondary N) is 4. The number of hydrogen-bond donors (Lipinski definition) is 4. The van der Waals surface area contributed by atoms with Crippen molar-refractivity contribution in [2.24, 2.45) is 5.92 Å². The first kappa shape index (κ1) is 38.1. The summed E-state index contributed by atoms with van der Waals surface area (Å²) in [6.45, 7) is 6.13. The Labute approximate surface area is 325 Å². The van der Waals surface area contributed by atoms with E-state index in [0.29, 0.717) is 18.3 Å². The summed E-state index contributed by atoms with van der Waals surface area (Å²) in [6, 6.07) is 19.6. The molecule has 292 valence electrons.